The molecule has 0 saturated heterocycles. The Bertz CT molecular complexity index is 1630. The molecule has 0 atom stereocenters. The number of fused-ring (bicyclic) bond motifs is 4. The SMILES string of the molecule is O=C(NCc1ccc(-c2cc(C(=O)O)c3ccccc3n2)cc1)OCC1c2ccccc2-c2ccccc21. The third-order valence-corrected chi connectivity index (χ3v) is 6.98. The zero-order chi connectivity index (χ0) is 26.1. The summed E-state index contributed by atoms with van der Waals surface area (Å²) in [6.45, 7) is 0.570. The van der Waals surface area contributed by atoms with Crippen LogP contribution in [-0.2, 0) is 11.3 Å². The van der Waals surface area contributed by atoms with Crippen molar-refractivity contribution in [1.82, 2.24) is 10.3 Å². The first-order valence-electron chi connectivity index (χ1n) is 12.4. The molecule has 6 rings (SSSR count). The van der Waals surface area contributed by atoms with Gasteiger partial charge in [-0.2, -0.15) is 0 Å². The van der Waals surface area contributed by atoms with Crippen LogP contribution in [0.25, 0.3) is 33.3 Å². The summed E-state index contributed by atoms with van der Waals surface area (Å²) in [6, 6.07) is 32.8. The molecule has 1 aromatic heterocycles. The Labute approximate surface area is 219 Å². The largest absolute Gasteiger partial charge is 0.478 e. The first-order chi connectivity index (χ1) is 18.6. The van der Waals surface area contributed by atoms with Gasteiger partial charge in [-0.3, -0.25) is 0 Å². The van der Waals surface area contributed by atoms with Gasteiger partial charge in [0.05, 0.1) is 16.8 Å². The third kappa shape index (κ3) is 4.37. The van der Waals surface area contributed by atoms with Crippen LogP contribution < -0.4 is 5.32 Å². The van der Waals surface area contributed by atoms with Crippen molar-refractivity contribution in [2.24, 2.45) is 0 Å². The fourth-order valence-electron chi connectivity index (χ4n) is 5.12. The number of ether oxygens (including phenoxy) is 1. The lowest BCUT2D eigenvalue weighted by Crippen LogP contribution is -2.25. The minimum absolute atomic E-state index is 0.0116. The van der Waals surface area contributed by atoms with Crippen molar-refractivity contribution in [1.29, 1.82) is 0 Å². The Balaban J connectivity index is 1.11. The standard InChI is InChI=1S/C32H24N2O4/c35-31(36)27-17-30(34-29-12-6-5-11-26(27)29)21-15-13-20(14-16-21)18-33-32(37)38-19-28-24-9-3-1-7-22(24)23-8-2-4-10-25(23)28/h1-17,28H,18-19H2,(H,33,37)(H,35,36). The van der Waals surface area contributed by atoms with E-state index in [1.54, 1.807) is 24.3 Å². The van der Waals surface area contributed by atoms with E-state index in [1.165, 1.54) is 22.3 Å². The van der Waals surface area contributed by atoms with Gasteiger partial charge in [-0.25, -0.2) is 14.6 Å². The summed E-state index contributed by atoms with van der Waals surface area (Å²) in [5.41, 5.74) is 7.83. The Morgan fingerprint density at radius 3 is 2.13 bits per heavy atom. The van der Waals surface area contributed by atoms with E-state index < -0.39 is 12.1 Å². The summed E-state index contributed by atoms with van der Waals surface area (Å²) in [6.07, 6.45) is -0.474. The van der Waals surface area contributed by atoms with E-state index >= 15 is 0 Å². The highest BCUT2D eigenvalue weighted by Crippen LogP contribution is 2.44. The molecule has 1 aliphatic rings. The number of carboxylic acids is 1. The highest BCUT2D eigenvalue weighted by molar-refractivity contribution is 6.03. The molecule has 1 amide bonds. The molecule has 186 valence electrons. The quantitative estimate of drug-likeness (QED) is 0.273. The Morgan fingerprint density at radius 2 is 1.45 bits per heavy atom. The Hall–Kier alpha value is -4.97. The number of benzene rings is 4. The summed E-state index contributed by atoms with van der Waals surface area (Å²) in [4.78, 5) is 28.9. The third-order valence-electron chi connectivity index (χ3n) is 6.98. The lowest BCUT2D eigenvalue weighted by molar-refractivity contribution is 0.0699. The van der Waals surface area contributed by atoms with E-state index in [0.717, 1.165) is 11.1 Å². The molecule has 0 saturated carbocycles. The molecule has 0 radical (unpaired) electrons. The first kappa shape index (κ1) is 23.4. The number of nitrogens with zero attached hydrogens (tertiary/aromatic N) is 1. The molecule has 5 aromatic rings. The van der Waals surface area contributed by atoms with Crippen molar-refractivity contribution in [3.8, 4) is 22.4 Å². The molecule has 0 spiro atoms. The van der Waals surface area contributed by atoms with Crippen molar-refractivity contribution in [2.45, 2.75) is 12.5 Å². The summed E-state index contributed by atoms with van der Waals surface area (Å²) < 4.78 is 5.62. The second kappa shape index (κ2) is 9.82. The van der Waals surface area contributed by atoms with Crippen LogP contribution in [0, 0.1) is 0 Å². The molecule has 0 bridgehead atoms. The maximum Gasteiger partial charge on any atom is 0.407 e. The molecular formula is C32H24N2O4. The van der Waals surface area contributed by atoms with Crippen molar-refractivity contribution in [3.05, 3.63) is 125 Å². The van der Waals surface area contributed by atoms with Gasteiger partial charge in [0.15, 0.2) is 0 Å². The smallest absolute Gasteiger partial charge is 0.407 e. The number of rotatable bonds is 6. The van der Waals surface area contributed by atoms with Crippen LogP contribution in [0.5, 0.6) is 0 Å². The number of pyridine rings is 1. The zero-order valence-corrected chi connectivity index (χ0v) is 20.4. The number of aromatic carboxylic acids is 1. The molecule has 38 heavy (non-hydrogen) atoms. The van der Waals surface area contributed by atoms with E-state index in [9.17, 15) is 14.7 Å². The van der Waals surface area contributed by atoms with Crippen LogP contribution in [-0.4, -0.2) is 28.8 Å². The van der Waals surface area contributed by atoms with Crippen molar-refractivity contribution >= 4 is 23.0 Å². The Kier molecular flexibility index (Phi) is 6.06. The van der Waals surface area contributed by atoms with Gasteiger partial charge in [0.1, 0.15) is 6.61 Å². The van der Waals surface area contributed by atoms with Crippen LogP contribution in [0.1, 0.15) is 33.0 Å². The Morgan fingerprint density at radius 1 is 0.816 bits per heavy atom. The maximum atomic E-state index is 12.5. The van der Waals surface area contributed by atoms with Gasteiger partial charge < -0.3 is 15.2 Å². The van der Waals surface area contributed by atoms with Crippen LogP contribution >= 0.6 is 0 Å². The van der Waals surface area contributed by atoms with E-state index in [-0.39, 0.29) is 18.1 Å². The topological polar surface area (TPSA) is 88.5 Å². The highest BCUT2D eigenvalue weighted by atomic mass is 16.5. The number of carbonyl (C=O) groups is 2. The van der Waals surface area contributed by atoms with Gasteiger partial charge in [-0.05, 0) is 39.9 Å². The highest BCUT2D eigenvalue weighted by Gasteiger charge is 2.29. The minimum Gasteiger partial charge on any atom is -0.478 e. The number of alkyl carbamates (subject to hydrolysis) is 1. The molecule has 2 N–H and O–H groups in total. The number of para-hydroxylation sites is 1. The number of carboxylic acid groups (broad SMARTS) is 1. The molecule has 6 nitrogen and oxygen atoms in total. The van der Waals surface area contributed by atoms with Crippen LogP contribution in [0.2, 0.25) is 0 Å². The number of hydrogen-bond donors (Lipinski definition) is 2. The van der Waals surface area contributed by atoms with Crippen LogP contribution in [0.4, 0.5) is 4.79 Å². The number of aromatic nitrogens is 1. The van der Waals surface area contributed by atoms with Crippen LogP contribution in [0.15, 0.2) is 103 Å². The second-order valence-electron chi connectivity index (χ2n) is 9.25. The van der Waals surface area contributed by atoms with E-state index in [4.69, 9.17) is 4.74 Å². The monoisotopic (exact) mass is 500 g/mol. The minimum atomic E-state index is -0.992. The predicted octanol–water partition coefficient (Wildman–Crippen LogP) is 6.64. The lowest BCUT2D eigenvalue weighted by Gasteiger charge is -2.14. The number of carbonyl (C=O) groups excluding carboxylic acids is 1. The predicted molar refractivity (Wildman–Crippen MR) is 146 cm³/mol. The average Bonchev–Trinajstić information content (AvgIpc) is 3.28. The fraction of sp³-hybridized carbons (Fsp3) is 0.0938. The van der Waals surface area contributed by atoms with Gasteiger partial charge in [0, 0.05) is 23.4 Å². The molecule has 1 aliphatic carbocycles. The van der Waals surface area contributed by atoms with Gasteiger partial charge >= 0.3 is 12.1 Å². The maximum absolute atomic E-state index is 12.5. The van der Waals surface area contributed by atoms with Crippen LogP contribution in [0.3, 0.4) is 0 Å². The van der Waals surface area contributed by atoms with E-state index in [1.807, 2.05) is 54.6 Å². The number of hydrogen-bond acceptors (Lipinski definition) is 4. The lowest BCUT2D eigenvalue weighted by atomic mass is 9.98. The van der Waals surface area contributed by atoms with Crippen molar-refractivity contribution in [3.63, 3.8) is 0 Å². The average molecular weight is 501 g/mol. The molecule has 1 heterocycles. The molecule has 0 fully saturated rings. The van der Waals surface area contributed by atoms with Gasteiger partial charge in [0.25, 0.3) is 0 Å². The summed E-state index contributed by atoms with van der Waals surface area (Å²) >= 11 is 0. The molecule has 4 aromatic carbocycles. The normalized spacial score (nSPS) is 12.1. The first-order valence-corrected chi connectivity index (χ1v) is 12.4. The molecule has 6 heteroatoms. The summed E-state index contributed by atoms with van der Waals surface area (Å²) in [7, 11) is 0. The number of amides is 1. The zero-order valence-electron chi connectivity index (χ0n) is 20.4. The van der Waals surface area contributed by atoms with E-state index in [0.29, 0.717) is 23.1 Å². The second-order valence-corrected chi connectivity index (χ2v) is 9.25. The fourth-order valence-corrected chi connectivity index (χ4v) is 5.12. The van der Waals surface area contributed by atoms with Gasteiger partial charge in [-0.15, -0.1) is 0 Å². The van der Waals surface area contributed by atoms with Gasteiger partial charge in [0.2, 0.25) is 0 Å². The van der Waals surface area contributed by atoms with Crippen molar-refractivity contribution in [2.75, 3.05) is 6.61 Å². The number of nitrogens with one attached hydrogen (secondary N) is 1. The van der Waals surface area contributed by atoms with E-state index in [2.05, 4.69) is 34.6 Å². The van der Waals surface area contributed by atoms with Crippen molar-refractivity contribution < 1.29 is 19.4 Å². The summed E-state index contributed by atoms with van der Waals surface area (Å²) in [5.74, 6) is -0.980. The molecular weight excluding hydrogens is 476 g/mol. The van der Waals surface area contributed by atoms with Gasteiger partial charge in [-0.1, -0.05) is 91.0 Å². The molecule has 0 aliphatic heterocycles. The molecule has 0 unspecified atom stereocenters. The summed E-state index contributed by atoms with van der Waals surface area (Å²) in [5, 5.41) is 13.1.